The van der Waals surface area contributed by atoms with Gasteiger partial charge < -0.3 is 28.4 Å². The number of allylic oxidation sites excluding steroid dienone is 1. The fourth-order valence-corrected chi connectivity index (χ4v) is 17.1. The summed E-state index contributed by atoms with van der Waals surface area (Å²) in [5, 5.41) is 11.3. The van der Waals surface area contributed by atoms with Crippen LogP contribution < -0.4 is 0 Å². The molecule has 0 unspecified atom stereocenters. The Kier molecular flexibility index (Phi) is 13.9. The maximum Gasteiger partial charge on any atom is 0.335 e. The Bertz CT molecular complexity index is 5370. The zero-order valence-electron chi connectivity index (χ0n) is 51.9. The second kappa shape index (κ2) is 22.9. The van der Waals surface area contributed by atoms with Gasteiger partial charge in [0.15, 0.2) is 0 Å². The first kappa shape index (κ1) is 58.3. The number of carbonyl (C=O) groups excluding carboxylic acids is 6. The van der Waals surface area contributed by atoms with Crippen molar-refractivity contribution in [3.63, 3.8) is 0 Å². The summed E-state index contributed by atoms with van der Waals surface area (Å²) in [7, 11) is 0. The molecule has 0 spiro atoms. The van der Waals surface area contributed by atoms with Gasteiger partial charge in [0.05, 0.1) is 27.5 Å². The van der Waals surface area contributed by atoms with E-state index >= 15 is 28.8 Å². The van der Waals surface area contributed by atoms with Crippen LogP contribution in [-0.2, 0) is 96.8 Å². The fourth-order valence-electron chi connectivity index (χ4n) is 17.1. The van der Waals surface area contributed by atoms with E-state index in [4.69, 9.17) is 28.4 Å². The van der Waals surface area contributed by atoms with Crippen LogP contribution in [0.25, 0.3) is 64.6 Å². The lowest BCUT2D eigenvalue weighted by Crippen LogP contribution is -2.98. The Morgan fingerprint density at radius 1 is 0.281 bits per heavy atom. The van der Waals surface area contributed by atoms with Crippen molar-refractivity contribution < 1.29 is 57.2 Å². The number of carbonyl (C=O) groups is 6. The van der Waals surface area contributed by atoms with Crippen LogP contribution in [0, 0.1) is 45.8 Å². The predicted molar refractivity (Wildman–Crippen MR) is 362 cm³/mol. The van der Waals surface area contributed by atoms with Crippen molar-refractivity contribution in [1.82, 2.24) is 0 Å². The maximum absolute atomic E-state index is 16.8. The SMILES string of the molecule is O=C(OCc1ccc2ccccc2c1)C1=C[C@H]2[C@@H]3[C@H]([C@@]12C(=O)OCc1ccc2ccccc2c1)[C@]1(C(=O)OCc2ccc4ccccc4c2)[C@@H]2C(C(=O)OCc4ccc5ccccc5c4)=C(C(=O)OCc4ccc5ccccc5c4)[C@@H]2[C@@]31C(=O)OCc1ccc2ccccc2c1. The topological polar surface area (TPSA) is 158 Å². The summed E-state index contributed by atoms with van der Waals surface area (Å²) in [6.45, 7) is -1.39. The molecule has 12 aromatic rings. The van der Waals surface area contributed by atoms with E-state index in [1.165, 1.54) is 0 Å². The number of fused-ring (bicyclic) bond motifs is 16. The number of rotatable bonds is 18. The summed E-state index contributed by atoms with van der Waals surface area (Å²) in [6, 6.07) is 81.0. The number of ether oxygens (including phenoxy) is 6. The van der Waals surface area contributed by atoms with E-state index in [1.54, 1.807) is 6.08 Å². The molecule has 0 aliphatic heterocycles. The molecule has 0 bridgehead atoms. The average molecular weight is 1260 g/mol. The Labute approximate surface area is 551 Å². The number of esters is 6. The summed E-state index contributed by atoms with van der Waals surface area (Å²) < 4.78 is 38.5. The van der Waals surface area contributed by atoms with Gasteiger partial charge in [0.1, 0.15) is 45.1 Å². The molecule has 17 rings (SSSR count). The van der Waals surface area contributed by atoms with Crippen molar-refractivity contribution in [2.75, 3.05) is 0 Å². The first-order chi connectivity index (χ1) is 47.0. The molecule has 8 atom stereocenters. The van der Waals surface area contributed by atoms with Crippen LogP contribution >= 0.6 is 0 Å². The lowest BCUT2D eigenvalue weighted by Gasteiger charge is -2.91. The fraction of sp³-hybridized carbons (Fsp3) is 0.167. The van der Waals surface area contributed by atoms with E-state index in [-0.39, 0.29) is 56.4 Å². The molecule has 0 radical (unpaired) electrons. The smallest absolute Gasteiger partial charge is 0.335 e. The Morgan fingerprint density at radius 3 is 0.865 bits per heavy atom. The third-order valence-corrected chi connectivity index (χ3v) is 21.3. The third-order valence-electron chi connectivity index (χ3n) is 21.3. The van der Waals surface area contributed by atoms with E-state index in [0.717, 1.165) is 64.6 Å². The van der Waals surface area contributed by atoms with Gasteiger partial charge in [0, 0.05) is 23.7 Å². The van der Waals surface area contributed by atoms with E-state index in [2.05, 4.69) is 0 Å². The van der Waals surface area contributed by atoms with Gasteiger partial charge in [-0.05, 0) is 140 Å². The molecular weight excluding hydrogens is 1200 g/mol. The van der Waals surface area contributed by atoms with Gasteiger partial charge in [-0.3, -0.25) is 14.4 Å². The van der Waals surface area contributed by atoms with Gasteiger partial charge >= 0.3 is 35.8 Å². The number of benzene rings is 12. The summed E-state index contributed by atoms with van der Waals surface area (Å²) in [4.78, 5) is 96.0. The van der Waals surface area contributed by atoms with Crippen molar-refractivity contribution in [1.29, 1.82) is 0 Å². The first-order valence-electron chi connectivity index (χ1n) is 32.4. The molecule has 0 N–H and O–H groups in total. The molecule has 12 heteroatoms. The van der Waals surface area contributed by atoms with E-state index in [9.17, 15) is 0 Å². The molecule has 0 heterocycles. The van der Waals surface area contributed by atoms with Gasteiger partial charge in [0.25, 0.3) is 0 Å². The van der Waals surface area contributed by atoms with Gasteiger partial charge in [-0.25, -0.2) is 14.4 Å². The zero-order chi connectivity index (χ0) is 64.9. The molecule has 5 aliphatic rings. The van der Waals surface area contributed by atoms with Crippen molar-refractivity contribution in [3.05, 3.63) is 311 Å². The molecule has 468 valence electrons. The Hall–Kier alpha value is -11.5. The van der Waals surface area contributed by atoms with Crippen LogP contribution in [-0.4, -0.2) is 35.8 Å². The van der Waals surface area contributed by atoms with E-state index in [1.807, 2.05) is 255 Å². The molecule has 5 aliphatic carbocycles. The highest BCUT2D eigenvalue weighted by Crippen LogP contribution is 2.98. The normalized spacial score (nSPS) is 22.3. The van der Waals surface area contributed by atoms with Gasteiger partial charge in [-0.2, -0.15) is 0 Å². The zero-order valence-corrected chi connectivity index (χ0v) is 51.9. The highest BCUT2D eigenvalue weighted by Gasteiger charge is 3.05. The summed E-state index contributed by atoms with van der Waals surface area (Å²) in [6.07, 6.45) is 1.65. The van der Waals surface area contributed by atoms with Gasteiger partial charge in [-0.1, -0.05) is 224 Å². The molecule has 12 nitrogen and oxygen atoms in total. The highest BCUT2D eigenvalue weighted by molar-refractivity contribution is 6.14. The monoisotopic (exact) mass is 1260 g/mol. The molecule has 96 heavy (non-hydrogen) atoms. The second-order valence-corrected chi connectivity index (χ2v) is 26.0. The minimum Gasteiger partial charge on any atom is -0.460 e. The first-order valence-corrected chi connectivity index (χ1v) is 32.4. The van der Waals surface area contributed by atoms with E-state index in [0.29, 0.717) is 33.4 Å². The highest BCUT2D eigenvalue weighted by atomic mass is 16.6. The van der Waals surface area contributed by atoms with Crippen molar-refractivity contribution in [2.45, 2.75) is 39.6 Å². The van der Waals surface area contributed by atoms with Crippen LogP contribution in [0.1, 0.15) is 33.4 Å². The van der Waals surface area contributed by atoms with Crippen LogP contribution in [0.15, 0.2) is 278 Å². The number of hydrogen-bond acceptors (Lipinski definition) is 12. The number of hydrogen-bond donors (Lipinski definition) is 0. The van der Waals surface area contributed by atoms with Crippen molar-refractivity contribution >= 4 is 100 Å². The van der Waals surface area contributed by atoms with Crippen LogP contribution in [0.4, 0.5) is 0 Å². The quantitative estimate of drug-likeness (QED) is 0.0455. The Balaban J connectivity index is 0.817. The Morgan fingerprint density at radius 2 is 0.542 bits per heavy atom. The molecule has 12 aromatic carbocycles. The summed E-state index contributed by atoms with van der Waals surface area (Å²) >= 11 is 0. The second-order valence-electron chi connectivity index (χ2n) is 26.0. The predicted octanol–water partition coefficient (Wildman–Crippen LogP) is 15.7. The molecule has 0 amide bonds. The van der Waals surface area contributed by atoms with E-state index < -0.39 is 81.7 Å². The standard InChI is InChI=1S/C84H60O12/c85-76(91-44-50-25-31-56-13-1-7-19-62(56)37-50)69-43-68-72-75(82(68,69)79(88)94-47-53-28-34-59-16-4-10-22-65(59)40-53)84(81(90)96-49-55-30-36-61-18-6-12-24-67(61)42-55)74-71(78(87)93-46-52-27-33-58-15-3-9-21-64(58)39-52)70(77(86)92-45-51-26-32-57-14-2-8-20-63(57)38-51)73(74)83(72,84)80(89)95-48-54-29-35-60-17-5-11-23-66(60)41-54/h1-43,68,72-75H,44-49H2/t68-,72+,73-,74+,75+,82-,83+,84-/m0/s1. The lowest BCUT2D eigenvalue weighted by atomic mass is 9.07. The molecule has 3 fully saturated rings. The summed E-state index contributed by atoms with van der Waals surface area (Å²) in [5.74, 6) is -11.0. The molecule has 0 saturated heterocycles. The minimum absolute atomic E-state index is 0.0555. The molecular formula is C84H60O12. The van der Waals surface area contributed by atoms with Crippen LogP contribution in [0.3, 0.4) is 0 Å². The lowest BCUT2D eigenvalue weighted by molar-refractivity contribution is -0.418. The van der Waals surface area contributed by atoms with Crippen molar-refractivity contribution in [3.8, 4) is 0 Å². The third kappa shape index (κ3) is 8.95. The van der Waals surface area contributed by atoms with Gasteiger partial charge in [-0.15, -0.1) is 0 Å². The average Bonchev–Trinajstić information content (AvgIpc) is 0.576. The maximum atomic E-state index is 16.8. The van der Waals surface area contributed by atoms with Crippen LogP contribution in [0.5, 0.6) is 0 Å². The summed E-state index contributed by atoms with van der Waals surface area (Å²) in [5.41, 5.74) is -2.64. The molecule has 3 saturated carbocycles. The largest absolute Gasteiger partial charge is 0.460 e. The van der Waals surface area contributed by atoms with Crippen LogP contribution in [0.2, 0.25) is 0 Å². The molecule has 0 aromatic heterocycles. The minimum atomic E-state index is -2.20. The van der Waals surface area contributed by atoms with Crippen molar-refractivity contribution in [2.24, 2.45) is 45.8 Å². The van der Waals surface area contributed by atoms with Gasteiger partial charge in [0.2, 0.25) is 0 Å².